The van der Waals surface area contributed by atoms with Gasteiger partial charge in [0.2, 0.25) is 0 Å². The van der Waals surface area contributed by atoms with E-state index < -0.39 is 0 Å². The lowest BCUT2D eigenvalue weighted by atomic mass is 9.76. The van der Waals surface area contributed by atoms with Crippen LogP contribution < -0.4 is 5.32 Å². The zero-order valence-electron chi connectivity index (χ0n) is 2.99. The van der Waals surface area contributed by atoms with Gasteiger partial charge in [-0.2, -0.15) is 0 Å². The lowest BCUT2D eigenvalue weighted by molar-refractivity contribution is 0.207. The molecule has 27 valence electrons. The summed E-state index contributed by atoms with van der Waals surface area (Å²) in [6.07, 6.45) is 2.78. The fraction of sp³-hybridized carbons (Fsp3) is 0.750. The molecule has 0 aromatic heterocycles. The smallest absolute Gasteiger partial charge is 0.0397 e. The van der Waals surface area contributed by atoms with Gasteiger partial charge in [0.25, 0.3) is 0 Å². The van der Waals surface area contributed by atoms with Crippen LogP contribution in [0.2, 0.25) is 0 Å². The van der Waals surface area contributed by atoms with Crippen molar-refractivity contribution in [2.75, 3.05) is 0 Å². The van der Waals surface area contributed by atoms with Crippen molar-refractivity contribution in [3.63, 3.8) is 0 Å². The van der Waals surface area contributed by atoms with Crippen LogP contribution in [0.1, 0.15) is 12.8 Å². The summed E-state index contributed by atoms with van der Waals surface area (Å²) >= 11 is 0. The third-order valence-corrected chi connectivity index (χ3v) is 1.39. The van der Waals surface area contributed by atoms with Crippen LogP contribution in [0.25, 0.3) is 0 Å². The largest absolute Gasteiger partial charge is 0.306 e. The van der Waals surface area contributed by atoms with Crippen LogP contribution in [0.4, 0.5) is 0 Å². The zero-order chi connectivity index (χ0) is 3.28. The van der Waals surface area contributed by atoms with Crippen LogP contribution in [-0.2, 0) is 0 Å². The van der Waals surface area contributed by atoms with Gasteiger partial charge < -0.3 is 5.32 Å². The van der Waals surface area contributed by atoms with Crippen LogP contribution in [0.15, 0.2) is 0 Å². The van der Waals surface area contributed by atoms with E-state index in [9.17, 15) is 0 Å². The monoisotopic (exact) mass is 68.1 g/mol. The normalized spacial score (nSPS) is 36.0. The molecule has 1 heteroatoms. The maximum absolute atomic E-state index is 3.22. The minimum atomic E-state index is 0.921. The Labute approximate surface area is 31.4 Å². The Hall–Kier alpha value is -0.0400. The first kappa shape index (κ1) is 2.19. The van der Waals surface area contributed by atoms with Crippen molar-refractivity contribution < 1.29 is 0 Å². The fourth-order valence-electron chi connectivity index (χ4n) is 0.781. The molecule has 1 N–H and O–H groups in total. The van der Waals surface area contributed by atoms with Crippen LogP contribution in [-0.4, -0.2) is 6.04 Å². The molecule has 0 aromatic rings. The quantitative estimate of drug-likeness (QED) is 0.430. The molecular weight excluding hydrogens is 62.1 g/mol. The van der Waals surface area contributed by atoms with Gasteiger partial charge in [-0.15, -0.1) is 0 Å². The zero-order valence-corrected chi connectivity index (χ0v) is 2.99. The molecule has 5 heavy (non-hydrogen) atoms. The summed E-state index contributed by atoms with van der Waals surface area (Å²) in [5.74, 6) is 0. The van der Waals surface area contributed by atoms with Gasteiger partial charge in [-0.3, -0.25) is 0 Å². The van der Waals surface area contributed by atoms with Crippen LogP contribution in [0.5, 0.6) is 0 Å². The first-order valence-corrected chi connectivity index (χ1v) is 2.06. The predicted molar refractivity (Wildman–Crippen MR) is 19.4 cm³/mol. The van der Waals surface area contributed by atoms with Gasteiger partial charge in [-0.1, -0.05) is 0 Å². The highest BCUT2D eigenvalue weighted by molar-refractivity contribution is 5.18. The van der Waals surface area contributed by atoms with E-state index in [0.717, 1.165) is 6.04 Å². The van der Waals surface area contributed by atoms with E-state index in [2.05, 4.69) is 5.32 Å². The van der Waals surface area contributed by atoms with Crippen molar-refractivity contribution >= 4 is 0 Å². The van der Waals surface area contributed by atoms with Gasteiger partial charge in [-0.25, -0.2) is 0 Å². The number of rotatable bonds is 0. The molecule has 2 saturated heterocycles. The second kappa shape index (κ2) is 0.432. The lowest BCUT2D eigenvalue weighted by Gasteiger charge is -2.50. The molecule has 1 aliphatic carbocycles. The highest BCUT2D eigenvalue weighted by atomic mass is 15.1. The molecule has 2 aliphatic heterocycles. The Morgan fingerprint density at radius 2 is 1.80 bits per heavy atom. The molecule has 3 rings (SSSR count). The van der Waals surface area contributed by atoms with Crippen LogP contribution >= 0.6 is 0 Å². The fourth-order valence-corrected chi connectivity index (χ4v) is 0.781. The molecule has 1 nitrogen and oxygen atoms in total. The van der Waals surface area contributed by atoms with Crippen molar-refractivity contribution in [2.45, 2.75) is 18.9 Å². The second-order valence-electron chi connectivity index (χ2n) is 1.85. The van der Waals surface area contributed by atoms with E-state index in [0.29, 0.717) is 0 Å². The summed E-state index contributed by atoms with van der Waals surface area (Å²) in [4.78, 5) is 0. The molecule has 0 amide bonds. The Morgan fingerprint density at radius 1 is 1.60 bits per heavy atom. The first-order chi connectivity index (χ1) is 2.45. The summed E-state index contributed by atoms with van der Waals surface area (Å²) in [6, 6.07) is 2.50. The van der Waals surface area contributed by atoms with Gasteiger partial charge >= 0.3 is 0 Å². The summed E-state index contributed by atoms with van der Waals surface area (Å²) in [5.41, 5.74) is 0. The van der Waals surface area contributed by atoms with Gasteiger partial charge in [0.15, 0.2) is 0 Å². The highest BCUT2D eigenvalue weighted by Crippen LogP contribution is 2.38. The molecular formula is C4H6N. The molecule has 3 fully saturated rings. The van der Waals surface area contributed by atoms with E-state index in [-0.39, 0.29) is 0 Å². The number of nitrogens with one attached hydrogen (secondary N) is 1. The van der Waals surface area contributed by atoms with Crippen LogP contribution in [0.3, 0.4) is 0 Å². The summed E-state index contributed by atoms with van der Waals surface area (Å²) in [5, 5.41) is 3.22. The standard InChI is InChI=1S/C4H6N/c1-3-2-4(1)5-3/h3,5H,1-2H2. The van der Waals surface area contributed by atoms with Crippen molar-refractivity contribution in [1.82, 2.24) is 5.32 Å². The van der Waals surface area contributed by atoms with E-state index in [4.69, 9.17) is 0 Å². The molecule has 0 spiro atoms. The van der Waals surface area contributed by atoms with Gasteiger partial charge in [0, 0.05) is 12.1 Å². The molecule has 0 aromatic carbocycles. The first-order valence-electron chi connectivity index (χ1n) is 2.06. The van der Waals surface area contributed by atoms with Gasteiger partial charge in [-0.05, 0) is 12.8 Å². The van der Waals surface area contributed by atoms with E-state index in [1.165, 1.54) is 12.8 Å². The molecule has 1 radical (unpaired) electrons. The molecule has 2 bridgehead atoms. The van der Waals surface area contributed by atoms with Crippen molar-refractivity contribution in [3.05, 3.63) is 6.04 Å². The Bertz CT molecular complexity index is 40.4. The van der Waals surface area contributed by atoms with Crippen molar-refractivity contribution in [3.8, 4) is 0 Å². The minimum Gasteiger partial charge on any atom is -0.306 e. The maximum atomic E-state index is 3.22. The molecule has 0 atom stereocenters. The Morgan fingerprint density at radius 3 is 1.80 bits per heavy atom. The average Bonchev–Trinajstić information content (AvgIpc) is 0.592. The third kappa shape index (κ3) is 0.106. The lowest BCUT2D eigenvalue weighted by Crippen LogP contribution is -2.59. The summed E-state index contributed by atoms with van der Waals surface area (Å²) in [7, 11) is 0. The molecule has 2 heterocycles. The SMILES string of the molecule is C1[C]2CC1N2. The molecule has 3 aliphatic rings. The van der Waals surface area contributed by atoms with Crippen LogP contribution in [0, 0.1) is 6.04 Å². The summed E-state index contributed by atoms with van der Waals surface area (Å²) < 4.78 is 0. The maximum Gasteiger partial charge on any atom is 0.0397 e. The van der Waals surface area contributed by atoms with Crippen molar-refractivity contribution in [1.29, 1.82) is 0 Å². The minimum absolute atomic E-state index is 0.921. The topological polar surface area (TPSA) is 12.0 Å². The van der Waals surface area contributed by atoms with Crippen molar-refractivity contribution in [2.24, 2.45) is 0 Å². The predicted octanol–water partition coefficient (Wildman–Crippen LogP) is 0.284. The second-order valence-corrected chi connectivity index (χ2v) is 1.85. The number of hydrogen-bond donors (Lipinski definition) is 1. The summed E-state index contributed by atoms with van der Waals surface area (Å²) in [6.45, 7) is 0. The molecule has 0 unspecified atom stereocenters. The number of hydrogen-bond acceptors (Lipinski definition) is 1. The van der Waals surface area contributed by atoms with E-state index in [1.54, 1.807) is 6.04 Å². The highest BCUT2D eigenvalue weighted by Gasteiger charge is 2.41. The van der Waals surface area contributed by atoms with Gasteiger partial charge in [0.1, 0.15) is 0 Å². The third-order valence-electron chi connectivity index (χ3n) is 1.39. The Balaban J connectivity index is 2.19. The molecule has 1 saturated carbocycles. The Kier molecular flexibility index (Phi) is 0.189. The van der Waals surface area contributed by atoms with E-state index >= 15 is 0 Å². The van der Waals surface area contributed by atoms with Gasteiger partial charge in [0.05, 0.1) is 0 Å². The average molecular weight is 68.1 g/mol. The van der Waals surface area contributed by atoms with E-state index in [1.807, 2.05) is 0 Å².